The quantitative estimate of drug-likeness (QED) is 0.300. The lowest BCUT2D eigenvalue weighted by molar-refractivity contribution is -0.115. The molecular weight excluding hydrogens is 404 g/mol. The minimum atomic E-state index is -0.750. The number of aryl methyl sites for hydroxylation is 1. The molecule has 3 aromatic carbocycles. The second kappa shape index (κ2) is 9.09. The Balaban J connectivity index is 1.66. The molecule has 158 valence electrons. The van der Waals surface area contributed by atoms with Gasteiger partial charge in [0.25, 0.3) is 5.91 Å². The molecule has 1 aromatic heterocycles. The number of rotatable bonds is 5. The van der Waals surface area contributed by atoms with Crippen LogP contribution in [0.4, 0.5) is 5.69 Å². The number of nitrogens with one attached hydrogen (secondary N) is 2. The smallest absolute Gasteiger partial charge is 0.311 e. The zero-order valence-electron chi connectivity index (χ0n) is 17.2. The van der Waals surface area contributed by atoms with Gasteiger partial charge in [-0.3, -0.25) is 9.59 Å². The number of carbonyl (C=O) groups excluding carboxylic acids is 2. The Kier molecular flexibility index (Phi) is 5.89. The summed E-state index contributed by atoms with van der Waals surface area (Å²) in [7, 11) is 0. The molecule has 0 radical (unpaired) electrons. The summed E-state index contributed by atoms with van der Waals surface area (Å²) >= 11 is 0. The van der Waals surface area contributed by atoms with Gasteiger partial charge in [-0.2, -0.15) is 0 Å². The number of aromatic amines is 1. The highest BCUT2D eigenvalue weighted by Crippen LogP contribution is 2.36. The number of aromatic nitrogens is 1. The maximum atomic E-state index is 12.9. The molecule has 0 saturated heterocycles. The normalized spacial score (nSPS) is 11.7. The molecule has 4 aromatic rings. The van der Waals surface area contributed by atoms with Gasteiger partial charge in [-0.05, 0) is 36.3 Å². The number of H-pyrrole nitrogens is 1. The van der Waals surface area contributed by atoms with Crippen molar-refractivity contribution in [3.63, 3.8) is 0 Å². The Morgan fingerprint density at radius 3 is 2.34 bits per heavy atom. The van der Waals surface area contributed by atoms with Gasteiger partial charge in [0.15, 0.2) is 5.69 Å². The van der Waals surface area contributed by atoms with Crippen LogP contribution in [0.1, 0.15) is 21.5 Å². The highest BCUT2D eigenvalue weighted by Gasteiger charge is 2.16. The monoisotopic (exact) mass is 424 g/mol. The van der Waals surface area contributed by atoms with Crippen LogP contribution >= 0.6 is 0 Å². The standard InChI is InChI=1S/C25H20N4O3/c1-16-9-8-14-19-21(16)27-25(32)22(19)28-29-24(31)20(15-17-10-4-2-5-11-17)26-23(30)18-12-6-3-7-13-18/h2-15,27,32H,1H3,(H,26,30)/b20-15-,29-28?. The maximum Gasteiger partial charge on any atom is 0.311 e. The number of para-hydroxylation sites is 1. The molecule has 0 atom stereocenters. The molecule has 0 bridgehead atoms. The number of nitrogens with zero attached hydrogens (tertiary/aromatic N) is 2. The van der Waals surface area contributed by atoms with Crippen LogP contribution < -0.4 is 5.32 Å². The van der Waals surface area contributed by atoms with E-state index >= 15 is 0 Å². The SMILES string of the molecule is Cc1cccc2c(N=NC(=O)/C(=C/c3ccccc3)NC(=O)c3ccccc3)c(O)[nH]c12. The first-order chi connectivity index (χ1) is 15.5. The van der Waals surface area contributed by atoms with Gasteiger partial charge in [0.1, 0.15) is 5.70 Å². The van der Waals surface area contributed by atoms with Crippen LogP contribution in [0.5, 0.6) is 5.88 Å². The lowest BCUT2D eigenvalue weighted by Crippen LogP contribution is -2.26. The third-order valence-corrected chi connectivity index (χ3v) is 4.86. The molecule has 4 rings (SSSR count). The van der Waals surface area contributed by atoms with Gasteiger partial charge in [0.2, 0.25) is 5.88 Å². The van der Waals surface area contributed by atoms with Crippen molar-refractivity contribution >= 4 is 34.5 Å². The Morgan fingerprint density at radius 1 is 0.938 bits per heavy atom. The first kappa shape index (κ1) is 20.7. The van der Waals surface area contributed by atoms with E-state index in [9.17, 15) is 14.7 Å². The van der Waals surface area contributed by atoms with Crippen LogP contribution in [0.15, 0.2) is 94.8 Å². The van der Waals surface area contributed by atoms with Crippen molar-refractivity contribution in [1.29, 1.82) is 0 Å². The van der Waals surface area contributed by atoms with E-state index < -0.39 is 11.8 Å². The second-order valence-electron chi connectivity index (χ2n) is 7.11. The van der Waals surface area contributed by atoms with Gasteiger partial charge < -0.3 is 15.4 Å². The summed E-state index contributed by atoms with van der Waals surface area (Å²) in [5.41, 5.74) is 2.87. The average Bonchev–Trinajstić information content (AvgIpc) is 3.14. The maximum absolute atomic E-state index is 12.9. The van der Waals surface area contributed by atoms with Crippen molar-refractivity contribution in [3.8, 4) is 5.88 Å². The lowest BCUT2D eigenvalue weighted by Gasteiger charge is -2.07. The summed E-state index contributed by atoms with van der Waals surface area (Å²) in [5.74, 6) is -1.38. The van der Waals surface area contributed by atoms with Crippen molar-refractivity contribution in [2.75, 3.05) is 0 Å². The topological polar surface area (TPSA) is 107 Å². The summed E-state index contributed by atoms with van der Waals surface area (Å²) in [6.07, 6.45) is 1.53. The highest BCUT2D eigenvalue weighted by atomic mass is 16.3. The predicted octanol–water partition coefficient (Wildman–Crippen LogP) is 5.26. The summed E-state index contributed by atoms with van der Waals surface area (Å²) in [6, 6.07) is 23.1. The Bertz CT molecular complexity index is 1340. The number of azo groups is 1. The summed E-state index contributed by atoms with van der Waals surface area (Å²) in [4.78, 5) is 28.4. The van der Waals surface area contributed by atoms with Crippen LogP contribution in [0.25, 0.3) is 17.0 Å². The van der Waals surface area contributed by atoms with Crippen LogP contribution in [0.2, 0.25) is 0 Å². The van der Waals surface area contributed by atoms with Crippen LogP contribution in [-0.4, -0.2) is 21.9 Å². The van der Waals surface area contributed by atoms with Crippen molar-refractivity contribution in [3.05, 3.63) is 101 Å². The fourth-order valence-electron chi connectivity index (χ4n) is 3.24. The van der Waals surface area contributed by atoms with Crippen molar-refractivity contribution < 1.29 is 14.7 Å². The van der Waals surface area contributed by atoms with Gasteiger partial charge >= 0.3 is 5.91 Å². The van der Waals surface area contributed by atoms with E-state index in [-0.39, 0.29) is 17.3 Å². The number of benzene rings is 3. The number of fused-ring (bicyclic) bond motifs is 1. The van der Waals surface area contributed by atoms with Gasteiger partial charge in [-0.15, -0.1) is 10.2 Å². The molecule has 32 heavy (non-hydrogen) atoms. The van der Waals surface area contributed by atoms with E-state index in [1.807, 2.05) is 37.3 Å². The number of hydrogen-bond acceptors (Lipinski definition) is 4. The minimum absolute atomic E-state index is 0.0377. The Morgan fingerprint density at radius 2 is 1.62 bits per heavy atom. The van der Waals surface area contributed by atoms with Gasteiger partial charge in [0, 0.05) is 10.9 Å². The minimum Gasteiger partial charge on any atom is -0.493 e. The Hall–Kier alpha value is -4.52. The number of amides is 2. The van der Waals surface area contributed by atoms with E-state index in [4.69, 9.17) is 0 Å². The van der Waals surface area contributed by atoms with E-state index in [1.165, 1.54) is 6.08 Å². The first-order valence-electron chi connectivity index (χ1n) is 9.92. The van der Waals surface area contributed by atoms with E-state index in [0.29, 0.717) is 22.0 Å². The molecule has 0 fully saturated rings. The largest absolute Gasteiger partial charge is 0.493 e. The molecule has 2 amide bonds. The summed E-state index contributed by atoms with van der Waals surface area (Å²) < 4.78 is 0. The fraction of sp³-hybridized carbons (Fsp3) is 0.0400. The molecule has 7 nitrogen and oxygen atoms in total. The molecule has 0 spiro atoms. The first-order valence-corrected chi connectivity index (χ1v) is 9.92. The van der Waals surface area contributed by atoms with Crippen LogP contribution in [-0.2, 0) is 4.79 Å². The lowest BCUT2D eigenvalue weighted by atomic mass is 10.1. The molecule has 0 unspecified atom stereocenters. The van der Waals surface area contributed by atoms with Gasteiger partial charge in [-0.25, -0.2) is 0 Å². The summed E-state index contributed by atoms with van der Waals surface area (Å²) in [6.45, 7) is 1.89. The van der Waals surface area contributed by atoms with Crippen molar-refractivity contribution in [1.82, 2.24) is 10.3 Å². The molecule has 7 heteroatoms. The van der Waals surface area contributed by atoms with Gasteiger partial charge in [0.05, 0.1) is 5.52 Å². The van der Waals surface area contributed by atoms with E-state index in [1.54, 1.807) is 48.5 Å². The molecule has 0 aliphatic heterocycles. The van der Waals surface area contributed by atoms with E-state index in [0.717, 1.165) is 5.56 Å². The molecule has 0 saturated carbocycles. The number of hydrogen-bond donors (Lipinski definition) is 3. The third kappa shape index (κ3) is 4.46. The molecular formula is C25H20N4O3. The second-order valence-corrected chi connectivity index (χ2v) is 7.11. The zero-order valence-corrected chi connectivity index (χ0v) is 17.2. The predicted molar refractivity (Wildman–Crippen MR) is 123 cm³/mol. The molecule has 0 aliphatic carbocycles. The van der Waals surface area contributed by atoms with E-state index in [2.05, 4.69) is 20.5 Å². The Labute approximate surface area is 184 Å². The van der Waals surface area contributed by atoms with Crippen molar-refractivity contribution in [2.24, 2.45) is 10.2 Å². The average molecular weight is 424 g/mol. The molecule has 0 aliphatic rings. The fourth-order valence-corrected chi connectivity index (χ4v) is 3.24. The van der Waals surface area contributed by atoms with Crippen LogP contribution in [0.3, 0.4) is 0 Å². The summed E-state index contributed by atoms with van der Waals surface area (Å²) in [5, 5.41) is 21.2. The third-order valence-electron chi connectivity index (χ3n) is 4.86. The van der Waals surface area contributed by atoms with Crippen molar-refractivity contribution in [2.45, 2.75) is 6.92 Å². The number of aromatic hydroxyl groups is 1. The number of carbonyl (C=O) groups is 2. The highest BCUT2D eigenvalue weighted by molar-refractivity contribution is 6.05. The molecule has 1 heterocycles. The molecule has 3 N–H and O–H groups in total. The van der Waals surface area contributed by atoms with Crippen LogP contribution in [0, 0.1) is 6.92 Å². The van der Waals surface area contributed by atoms with Gasteiger partial charge in [-0.1, -0.05) is 66.7 Å². The zero-order chi connectivity index (χ0) is 22.5.